The number of hydrogen-bond acceptors (Lipinski definition) is 3. The van der Waals surface area contributed by atoms with Crippen molar-refractivity contribution in [3.63, 3.8) is 0 Å². The number of methoxy groups -OCH3 is 1. The van der Waals surface area contributed by atoms with Gasteiger partial charge in [-0.3, -0.25) is 0 Å². The van der Waals surface area contributed by atoms with E-state index in [0.29, 0.717) is 13.1 Å². The molecule has 6 nitrogen and oxygen atoms in total. The quantitative estimate of drug-likeness (QED) is 0.430. The van der Waals surface area contributed by atoms with Crippen LogP contribution in [-0.4, -0.2) is 36.7 Å². The normalized spacial score (nSPS) is 14.5. The Morgan fingerprint density at radius 1 is 1.00 bits per heavy atom. The van der Waals surface area contributed by atoms with Crippen molar-refractivity contribution < 1.29 is 9.53 Å². The lowest BCUT2D eigenvalue weighted by Gasteiger charge is -2.31. The molecule has 0 saturated heterocycles. The number of rotatable bonds is 5. The lowest BCUT2D eigenvalue weighted by molar-refractivity contribution is 0.180. The molecule has 1 aliphatic heterocycles. The van der Waals surface area contributed by atoms with Crippen LogP contribution in [-0.2, 0) is 13.1 Å². The van der Waals surface area contributed by atoms with E-state index < -0.39 is 0 Å². The van der Waals surface area contributed by atoms with Crippen LogP contribution in [0.3, 0.4) is 0 Å². The summed E-state index contributed by atoms with van der Waals surface area (Å²) >= 11 is 0. The maximum atomic E-state index is 13.7. The average Bonchev–Trinajstić information content (AvgIpc) is 3.31. The van der Waals surface area contributed by atoms with Gasteiger partial charge in [-0.05, 0) is 59.2 Å². The van der Waals surface area contributed by atoms with Crippen LogP contribution in [0.15, 0.2) is 91.1 Å². The Hall–Kier alpha value is -4.19. The minimum absolute atomic E-state index is 0.112. The molecule has 2 heterocycles. The summed E-state index contributed by atoms with van der Waals surface area (Å²) in [5.74, 6) is 0.775. The first kappa shape index (κ1) is 22.6. The number of nitrogens with one attached hydrogen (secondary N) is 1. The molecule has 35 heavy (non-hydrogen) atoms. The van der Waals surface area contributed by atoms with Gasteiger partial charge in [0.1, 0.15) is 5.75 Å². The molecule has 6 heteroatoms. The number of aromatic nitrogens is 1. The van der Waals surface area contributed by atoms with Crippen molar-refractivity contribution >= 4 is 11.7 Å². The number of hydrogen-bond donors (Lipinski definition) is 1. The number of para-hydroxylation sites is 1. The summed E-state index contributed by atoms with van der Waals surface area (Å²) in [6, 6.07) is 28.3. The third-order valence-corrected chi connectivity index (χ3v) is 6.53. The van der Waals surface area contributed by atoms with Gasteiger partial charge in [0, 0.05) is 38.2 Å². The summed E-state index contributed by atoms with van der Waals surface area (Å²) in [5, 5.41) is 3.14. The van der Waals surface area contributed by atoms with E-state index in [-0.39, 0.29) is 12.1 Å². The Balaban J connectivity index is 1.53. The Kier molecular flexibility index (Phi) is 6.19. The second-order valence-corrected chi connectivity index (χ2v) is 8.96. The van der Waals surface area contributed by atoms with Crippen molar-refractivity contribution in [2.75, 3.05) is 26.1 Å². The Morgan fingerprint density at radius 2 is 1.80 bits per heavy atom. The van der Waals surface area contributed by atoms with E-state index in [1.165, 1.54) is 0 Å². The van der Waals surface area contributed by atoms with Gasteiger partial charge in [0.2, 0.25) is 0 Å². The highest BCUT2D eigenvalue weighted by Crippen LogP contribution is 2.37. The molecule has 4 aromatic rings. The molecule has 0 spiro atoms. The van der Waals surface area contributed by atoms with E-state index in [1.54, 1.807) is 7.11 Å². The van der Waals surface area contributed by atoms with E-state index in [4.69, 9.17) is 4.74 Å². The number of fused-ring (bicyclic) bond motifs is 3. The highest BCUT2D eigenvalue weighted by atomic mass is 16.5. The van der Waals surface area contributed by atoms with Gasteiger partial charge < -0.3 is 24.4 Å². The first-order valence-corrected chi connectivity index (χ1v) is 11.8. The molecule has 0 fully saturated rings. The van der Waals surface area contributed by atoms with Crippen molar-refractivity contribution in [2.24, 2.45) is 0 Å². The van der Waals surface area contributed by atoms with Crippen molar-refractivity contribution in [3.05, 3.63) is 114 Å². The zero-order valence-corrected chi connectivity index (χ0v) is 20.3. The van der Waals surface area contributed by atoms with Gasteiger partial charge in [-0.1, -0.05) is 42.5 Å². The lowest BCUT2D eigenvalue weighted by atomic mass is 10.0. The van der Waals surface area contributed by atoms with Gasteiger partial charge in [0.25, 0.3) is 0 Å². The van der Waals surface area contributed by atoms with Gasteiger partial charge in [-0.25, -0.2) is 4.79 Å². The molecular weight excluding hydrogens is 436 g/mol. The molecule has 1 aliphatic rings. The SMILES string of the molecule is COc1cccc(CNC(=O)N2Cc3ccccc3-n3cccc3[C@@H]2c2ccc(N(C)C)cc2)c1. The first-order valence-electron chi connectivity index (χ1n) is 11.8. The second kappa shape index (κ2) is 9.58. The third-order valence-electron chi connectivity index (χ3n) is 6.53. The Bertz CT molecular complexity index is 1330. The minimum atomic E-state index is -0.237. The van der Waals surface area contributed by atoms with Crippen LogP contribution < -0.4 is 15.0 Å². The van der Waals surface area contributed by atoms with E-state index >= 15 is 0 Å². The molecule has 5 rings (SSSR count). The molecule has 1 N–H and O–H groups in total. The smallest absolute Gasteiger partial charge is 0.318 e. The summed E-state index contributed by atoms with van der Waals surface area (Å²) in [7, 11) is 5.70. The third kappa shape index (κ3) is 4.47. The van der Waals surface area contributed by atoms with E-state index in [9.17, 15) is 4.79 Å². The molecule has 1 atom stereocenters. The number of nitrogens with zero attached hydrogens (tertiary/aromatic N) is 3. The number of anilines is 1. The summed E-state index contributed by atoms with van der Waals surface area (Å²) in [4.78, 5) is 17.8. The molecular formula is C29H30N4O2. The summed E-state index contributed by atoms with van der Waals surface area (Å²) < 4.78 is 7.54. The largest absolute Gasteiger partial charge is 0.497 e. The van der Waals surface area contributed by atoms with Crippen LogP contribution in [0.4, 0.5) is 10.5 Å². The molecule has 0 saturated carbocycles. The fourth-order valence-electron chi connectivity index (χ4n) is 4.71. The van der Waals surface area contributed by atoms with Gasteiger partial charge in [-0.2, -0.15) is 0 Å². The molecule has 3 aromatic carbocycles. The van der Waals surface area contributed by atoms with E-state index in [0.717, 1.165) is 39.5 Å². The fourth-order valence-corrected chi connectivity index (χ4v) is 4.71. The van der Waals surface area contributed by atoms with Crippen LogP contribution in [0.2, 0.25) is 0 Å². The van der Waals surface area contributed by atoms with Crippen molar-refractivity contribution in [3.8, 4) is 11.4 Å². The molecule has 0 unspecified atom stereocenters. The molecule has 1 aromatic heterocycles. The van der Waals surface area contributed by atoms with Crippen molar-refractivity contribution in [1.82, 2.24) is 14.8 Å². The number of ether oxygens (including phenoxy) is 1. The van der Waals surface area contributed by atoms with Gasteiger partial charge in [-0.15, -0.1) is 0 Å². The number of benzene rings is 3. The van der Waals surface area contributed by atoms with Crippen molar-refractivity contribution in [1.29, 1.82) is 0 Å². The maximum Gasteiger partial charge on any atom is 0.318 e. The molecule has 0 radical (unpaired) electrons. The highest BCUT2D eigenvalue weighted by molar-refractivity contribution is 5.76. The molecule has 0 bridgehead atoms. The summed E-state index contributed by atoms with van der Waals surface area (Å²) in [6.07, 6.45) is 2.08. The molecule has 0 aliphatic carbocycles. The van der Waals surface area contributed by atoms with Gasteiger partial charge in [0.05, 0.1) is 25.4 Å². The van der Waals surface area contributed by atoms with Gasteiger partial charge in [0.15, 0.2) is 0 Å². The maximum absolute atomic E-state index is 13.7. The van der Waals surface area contributed by atoms with Crippen molar-refractivity contribution in [2.45, 2.75) is 19.1 Å². The number of carbonyl (C=O) groups excluding carboxylic acids is 1. The van der Waals surface area contributed by atoms with Crippen LogP contribution in [0.5, 0.6) is 5.75 Å². The standard InChI is InChI=1S/C29H30N4O2/c1-31(2)24-15-13-22(14-16-24)28-27-12-7-17-32(27)26-11-5-4-9-23(26)20-33(28)29(34)30-19-21-8-6-10-25(18-21)35-3/h4-18,28H,19-20H2,1-3H3,(H,30,34)/t28-/m0/s1. The molecule has 2 amide bonds. The Labute approximate surface area is 206 Å². The average molecular weight is 467 g/mol. The van der Waals surface area contributed by atoms with Crippen LogP contribution in [0.1, 0.15) is 28.4 Å². The predicted octanol–water partition coefficient (Wildman–Crippen LogP) is 5.37. The monoisotopic (exact) mass is 466 g/mol. The minimum Gasteiger partial charge on any atom is -0.497 e. The predicted molar refractivity (Wildman–Crippen MR) is 139 cm³/mol. The summed E-state index contributed by atoms with van der Waals surface area (Å²) in [6.45, 7) is 0.920. The number of carbonyl (C=O) groups is 1. The number of urea groups is 1. The summed E-state index contributed by atoms with van der Waals surface area (Å²) in [5.41, 5.74) is 6.45. The first-order chi connectivity index (χ1) is 17.0. The van der Waals surface area contributed by atoms with Crippen LogP contribution in [0, 0.1) is 0 Å². The Morgan fingerprint density at radius 3 is 2.57 bits per heavy atom. The van der Waals surface area contributed by atoms with Crippen LogP contribution in [0.25, 0.3) is 5.69 Å². The second-order valence-electron chi connectivity index (χ2n) is 8.96. The zero-order valence-electron chi connectivity index (χ0n) is 20.3. The van der Waals surface area contributed by atoms with E-state index in [2.05, 4.69) is 63.4 Å². The zero-order chi connectivity index (χ0) is 24.4. The van der Waals surface area contributed by atoms with Crippen LogP contribution >= 0.6 is 0 Å². The lowest BCUT2D eigenvalue weighted by Crippen LogP contribution is -2.41. The number of amides is 2. The molecule has 178 valence electrons. The van der Waals surface area contributed by atoms with E-state index in [1.807, 2.05) is 61.5 Å². The topological polar surface area (TPSA) is 49.7 Å². The highest BCUT2D eigenvalue weighted by Gasteiger charge is 2.32. The fraction of sp³-hybridized carbons (Fsp3) is 0.207. The van der Waals surface area contributed by atoms with Gasteiger partial charge >= 0.3 is 6.03 Å².